The van der Waals surface area contributed by atoms with Crippen LogP contribution in [0.5, 0.6) is 0 Å². The van der Waals surface area contributed by atoms with Crippen LogP contribution in [-0.2, 0) is 28.6 Å². The topological polar surface area (TPSA) is 78.9 Å². The molecule has 0 radical (unpaired) electrons. The van der Waals surface area contributed by atoms with Crippen LogP contribution in [0.3, 0.4) is 0 Å². The zero-order valence-corrected chi connectivity index (χ0v) is 49.1. The van der Waals surface area contributed by atoms with E-state index in [1.54, 1.807) is 0 Å². The molecule has 0 rings (SSSR count). The third kappa shape index (κ3) is 61.5. The van der Waals surface area contributed by atoms with Crippen molar-refractivity contribution < 1.29 is 28.6 Å². The molecule has 6 nitrogen and oxygen atoms in total. The zero-order valence-electron chi connectivity index (χ0n) is 49.1. The standard InChI is InChI=1S/C71H110O6/c1-4-7-10-13-16-19-22-25-28-31-33-34-35-36-38-40-43-46-49-52-55-58-61-64-70(73)76-67-68(66-75-69(72)63-60-57-54-51-48-45-42-39-30-27-24-21-18-15-12-9-6-3)77-71(74)65-62-59-56-53-50-47-44-41-37-32-29-26-23-20-17-14-11-8-5-2/h7-12,16-21,25-30,33-34,37,41-42,45,47,50-51,54,68H,4-6,13-15,22-24,31-32,35-36,38-40,43-44,46,48-49,52-53,55-67H2,1-3H3/b10-7-,11-8-,12-9-,19-16-,20-17-,21-18-,28-25-,29-26-,30-27-,34-33-,41-37-,45-42-,50-47-,54-51-. The molecule has 0 saturated carbocycles. The predicted octanol–water partition coefficient (Wildman–Crippen LogP) is 21.1. The van der Waals surface area contributed by atoms with Gasteiger partial charge < -0.3 is 14.2 Å². The van der Waals surface area contributed by atoms with Crippen molar-refractivity contribution >= 4 is 17.9 Å². The first-order chi connectivity index (χ1) is 38.0. The van der Waals surface area contributed by atoms with Crippen molar-refractivity contribution in [2.24, 2.45) is 0 Å². The van der Waals surface area contributed by atoms with Gasteiger partial charge in [0.2, 0.25) is 0 Å². The lowest BCUT2D eigenvalue weighted by molar-refractivity contribution is -0.167. The highest BCUT2D eigenvalue weighted by molar-refractivity contribution is 5.71. The summed E-state index contributed by atoms with van der Waals surface area (Å²) in [5.41, 5.74) is 0. The van der Waals surface area contributed by atoms with Gasteiger partial charge in [-0.25, -0.2) is 0 Å². The molecule has 0 aromatic rings. The molecular weight excluding hydrogens is 949 g/mol. The molecule has 0 aromatic heterocycles. The second-order valence-corrected chi connectivity index (χ2v) is 19.5. The lowest BCUT2D eigenvalue weighted by Gasteiger charge is -2.18. The smallest absolute Gasteiger partial charge is 0.306 e. The van der Waals surface area contributed by atoms with Gasteiger partial charge in [-0.1, -0.05) is 249 Å². The number of allylic oxidation sites excluding steroid dienone is 28. The summed E-state index contributed by atoms with van der Waals surface area (Å²) in [4.78, 5) is 38.3. The van der Waals surface area contributed by atoms with Crippen LogP contribution < -0.4 is 0 Å². The molecule has 0 fully saturated rings. The summed E-state index contributed by atoms with van der Waals surface area (Å²) in [7, 11) is 0. The Kier molecular flexibility index (Phi) is 59.0. The normalized spacial score (nSPS) is 13.3. The van der Waals surface area contributed by atoms with Gasteiger partial charge in [0.05, 0.1) is 0 Å². The minimum atomic E-state index is -0.831. The van der Waals surface area contributed by atoms with E-state index in [4.69, 9.17) is 14.2 Å². The molecule has 1 atom stereocenters. The number of rotatable bonds is 53. The van der Waals surface area contributed by atoms with Crippen molar-refractivity contribution in [3.8, 4) is 0 Å². The molecule has 0 bridgehead atoms. The van der Waals surface area contributed by atoms with Gasteiger partial charge in [-0.3, -0.25) is 14.4 Å². The number of carbonyl (C=O) groups excluding carboxylic acids is 3. The van der Waals surface area contributed by atoms with Crippen molar-refractivity contribution in [3.63, 3.8) is 0 Å². The zero-order chi connectivity index (χ0) is 55.7. The number of carbonyl (C=O) groups is 3. The fourth-order valence-electron chi connectivity index (χ4n) is 7.73. The van der Waals surface area contributed by atoms with Gasteiger partial charge in [0, 0.05) is 19.3 Å². The number of ether oxygens (including phenoxy) is 3. The lowest BCUT2D eigenvalue weighted by atomic mass is 10.1. The Morgan fingerprint density at radius 1 is 0.260 bits per heavy atom. The highest BCUT2D eigenvalue weighted by Gasteiger charge is 2.19. The maximum atomic E-state index is 12.9. The van der Waals surface area contributed by atoms with E-state index in [2.05, 4.69) is 191 Å². The van der Waals surface area contributed by atoms with E-state index in [-0.39, 0.29) is 44.0 Å². The summed E-state index contributed by atoms with van der Waals surface area (Å²) in [6, 6.07) is 0. The highest BCUT2D eigenvalue weighted by atomic mass is 16.6. The molecule has 0 aromatic carbocycles. The van der Waals surface area contributed by atoms with Gasteiger partial charge in [0.15, 0.2) is 6.10 Å². The Balaban J connectivity index is 4.54. The monoisotopic (exact) mass is 1060 g/mol. The fourth-order valence-corrected chi connectivity index (χ4v) is 7.73. The first-order valence-corrected chi connectivity index (χ1v) is 30.6. The van der Waals surface area contributed by atoms with Crippen LogP contribution in [-0.4, -0.2) is 37.2 Å². The summed E-state index contributed by atoms with van der Waals surface area (Å²) < 4.78 is 16.8. The second kappa shape index (κ2) is 63.3. The Labute approximate surface area is 472 Å². The van der Waals surface area contributed by atoms with Crippen LogP contribution in [0.2, 0.25) is 0 Å². The quantitative estimate of drug-likeness (QED) is 0.0261. The van der Waals surface area contributed by atoms with Gasteiger partial charge in [0.1, 0.15) is 13.2 Å². The third-order valence-electron chi connectivity index (χ3n) is 12.2. The van der Waals surface area contributed by atoms with Crippen LogP contribution in [0.1, 0.15) is 239 Å². The van der Waals surface area contributed by atoms with Crippen LogP contribution in [0, 0.1) is 0 Å². The van der Waals surface area contributed by atoms with Crippen molar-refractivity contribution in [1.82, 2.24) is 0 Å². The molecule has 0 aliphatic carbocycles. The largest absolute Gasteiger partial charge is 0.462 e. The van der Waals surface area contributed by atoms with Crippen LogP contribution in [0.25, 0.3) is 0 Å². The number of hydrogen-bond donors (Lipinski definition) is 0. The maximum absolute atomic E-state index is 12.9. The van der Waals surface area contributed by atoms with Crippen molar-refractivity contribution in [2.75, 3.05) is 13.2 Å². The van der Waals surface area contributed by atoms with Crippen molar-refractivity contribution in [3.05, 3.63) is 170 Å². The van der Waals surface area contributed by atoms with Crippen molar-refractivity contribution in [1.29, 1.82) is 0 Å². The van der Waals surface area contributed by atoms with Crippen molar-refractivity contribution in [2.45, 2.75) is 245 Å². The van der Waals surface area contributed by atoms with Gasteiger partial charge in [0.25, 0.3) is 0 Å². The average Bonchev–Trinajstić information content (AvgIpc) is 3.43. The van der Waals surface area contributed by atoms with Gasteiger partial charge in [-0.15, -0.1) is 0 Å². The van der Waals surface area contributed by atoms with Gasteiger partial charge in [-0.2, -0.15) is 0 Å². The maximum Gasteiger partial charge on any atom is 0.306 e. The molecule has 0 saturated heterocycles. The number of esters is 3. The summed E-state index contributed by atoms with van der Waals surface area (Å²) in [6.07, 6.45) is 93.5. The fraction of sp³-hybridized carbons (Fsp3) is 0.563. The molecule has 6 heteroatoms. The second-order valence-electron chi connectivity index (χ2n) is 19.5. The lowest BCUT2D eigenvalue weighted by Crippen LogP contribution is -2.30. The third-order valence-corrected chi connectivity index (χ3v) is 12.2. The first kappa shape index (κ1) is 71.8. The number of hydrogen-bond acceptors (Lipinski definition) is 6. The Morgan fingerprint density at radius 2 is 0.481 bits per heavy atom. The molecule has 0 N–H and O–H groups in total. The molecule has 0 heterocycles. The molecule has 0 aliphatic heterocycles. The van der Waals surface area contributed by atoms with E-state index in [1.165, 1.54) is 51.4 Å². The summed E-state index contributed by atoms with van der Waals surface area (Å²) in [5.74, 6) is -1.02. The molecule has 0 spiro atoms. The number of unbranched alkanes of at least 4 members (excludes halogenated alkanes) is 14. The first-order valence-electron chi connectivity index (χ1n) is 30.6. The van der Waals surface area contributed by atoms with E-state index in [0.717, 1.165) is 135 Å². The summed E-state index contributed by atoms with van der Waals surface area (Å²) in [6.45, 7) is 6.21. The molecular formula is C71H110O6. The van der Waals surface area contributed by atoms with Crippen LogP contribution >= 0.6 is 0 Å². The summed E-state index contributed by atoms with van der Waals surface area (Å²) >= 11 is 0. The Bertz CT molecular complexity index is 1790. The minimum absolute atomic E-state index is 0.120. The van der Waals surface area contributed by atoms with E-state index in [1.807, 2.05) is 0 Å². The van der Waals surface area contributed by atoms with E-state index in [0.29, 0.717) is 19.3 Å². The minimum Gasteiger partial charge on any atom is -0.462 e. The molecule has 0 amide bonds. The Hall–Kier alpha value is -5.23. The molecule has 0 aliphatic rings. The summed E-state index contributed by atoms with van der Waals surface area (Å²) in [5, 5.41) is 0. The average molecular weight is 1060 g/mol. The molecule has 77 heavy (non-hydrogen) atoms. The van der Waals surface area contributed by atoms with Gasteiger partial charge in [-0.05, 0) is 141 Å². The van der Waals surface area contributed by atoms with Crippen LogP contribution in [0.15, 0.2) is 170 Å². The van der Waals surface area contributed by atoms with Gasteiger partial charge >= 0.3 is 17.9 Å². The SMILES string of the molecule is CC/C=C\C/C=C\C/C=C\C/C=C\C/C=C\CCCCCC(=O)OC(COC(=O)CCC/C=C\C/C=C\C/C=C\C/C=C\C/C=C\CC)COC(=O)CCCCCCCCCCCC/C=C\C/C=C\C/C=C\C/C=C\CC. The van der Waals surface area contributed by atoms with E-state index < -0.39 is 6.10 Å². The Morgan fingerprint density at radius 3 is 0.792 bits per heavy atom. The highest BCUT2D eigenvalue weighted by Crippen LogP contribution is 2.14. The molecule has 430 valence electrons. The van der Waals surface area contributed by atoms with E-state index in [9.17, 15) is 14.4 Å². The predicted molar refractivity (Wildman–Crippen MR) is 334 cm³/mol. The van der Waals surface area contributed by atoms with Crippen LogP contribution in [0.4, 0.5) is 0 Å². The molecule has 1 unspecified atom stereocenters. The van der Waals surface area contributed by atoms with E-state index >= 15 is 0 Å².